The van der Waals surface area contributed by atoms with Gasteiger partial charge in [-0.25, -0.2) is 4.79 Å². The molecule has 0 saturated heterocycles. The first-order valence-corrected chi connectivity index (χ1v) is 9.28. The molecular weight excluding hydrogens is 374 g/mol. The molecule has 1 aromatic carbocycles. The third-order valence-corrected chi connectivity index (χ3v) is 5.15. The van der Waals surface area contributed by atoms with Gasteiger partial charge in [-0.2, -0.15) is 4.98 Å². The number of hydrogen-bond donors (Lipinski definition) is 0. The van der Waals surface area contributed by atoms with Crippen LogP contribution < -0.4 is 16.0 Å². The van der Waals surface area contributed by atoms with E-state index in [0.717, 1.165) is 28.0 Å². The molecule has 0 spiro atoms. The summed E-state index contributed by atoms with van der Waals surface area (Å²) in [5.41, 5.74) is 1.82. The highest BCUT2D eigenvalue weighted by Gasteiger charge is 2.20. The summed E-state index contributed by atoms with van der Waals surface area (Å²) in [7, 11) is 6.38. The number of benzene rings is 1. The third kappa shape index (κ3) is 2.94. The van der Waals surface area contributed by atoms with Crippen LogP contribution in [-0.4, -0.2) is 43.9 Å². The number of aryl methyl sites for hydroxylation is 2. The summed E-state index contributed by atoms with van der Waals surface area (Å²) in [6.45, 7) is 1.25. The highest BCUT2D eigenvalue weighted by atomic mass is 16.5. The van der Waals surface area contributed by atoms with Crippen molar-refractivity contribution in [1.29, 1.82) is 0 Å². The predicted molar refractivity (Wildman–Crippen MR) is 110 cm³/mol. The Morgan fingerprint density at radius 1 is 1.10 bits per heavy atom. The highest BCUT2D eigenvalue weighted by Crippen LogP contribution is 2.28. The maximum absolute atomic E-state index is 12.8. The van der Waals surface area contributed by atoms with Crippen LogP contribution in [0.2, 0.25) is 0 Å². The van der Waals surface area contributed by atoms with E-state index in [0.29, 0.717) is 30.1 Å². The van der Waals surface area contributed by atoms with Crippen LogP contribution in [0.3, 0.4) is 0 Å². The molecule has 0 fully saturated rings. The fraction of sp³-hybridized carbons (Fsp3) is 0.350. The SMILES string of the molecule is COCCCn1c(-c2cccc(OC)c2)cn2c3c(=O)n(C)c(=O)n(C)c3nc12. The van der Waals surface area contributed by atoms with Gasteiger partial charge < -0.3 is 14.0 Å². The van der Waals surface area contributed by atoms with Crippen LogP contribution >= 0.6 is 0 Å². The van der Waals surface area contributed by atoms with E-state index in [4.69, 9.17) is 9.47 Å². The minimum absolute atomic E-state index is 0.366. The highest BCUT2D eigenvalue weighted by molar-refractivity contribution is 5.78. The Balaban J connectivity index is 2.04. The quantitative estimate of drug-likeness (QED) is 0.459. The van der Waals surface area contributed by atoms with Gasteiger partial charge in [-0.1, -0.05) is 12.1 Å². The van der Waals surface area contributed by atoms with Gasteiger partial charge in [0, 0.05) is 46.1 Å². The minimum atomic E-state index is -0.401. The molecule has 0 aliphatic carbocycles. The molecule has 3 aromatic heterocycles. The molecule has 0 atom stereocenters. The Bertz CT molecular complexity index is 1320. The maximum atomic E-state index is 12.8. The van der Waals surface area contributed by atoms with Gasteiger partial charge >= 0.3 is 5.69 Å². The summed E-state index contributed by atoms with van der Waals surface area (Å²) in [6, 6.07) is 7.73. The molecule has 4 aromatic rings. The van der Waals surface area contributed by atoms with Gasteiger partial charge in [0.25, 0.3) is 5.56 Å². The van der Waals surface area contributed by atoms with Crippen LogP contribution in [-0.2, 0) is 25.4 Å². The molecule has 3 heterocycles. The van der Waals surface area contributed by atoms with Gasteiger partial charge in [-0.05, 0) is 18.6 Å². The summed E-state index contributed by atoms with van der Waals surface area (Å²) in [6.07, 6.45) is 2.66. The molecule has 0 amide bonds. The Labute approximate surface area is 166 Å². The van der Waals surface area contributed by atoms with Crippen molar-refractivity contribution in [2.45, 2.75) is 13.0 Å². The van der Waals surface area contributed by atoms with E-state index >= 15 is 0 Å². The molecule has 4 rings (SSSR count). The van der Waals surface area contributed by atoms with Crippen molar-refractivity contribution in [1.82, 2.24) is 23.1 Å². The molecule has 0 saturated carbocycles. The van der Waals surface area contributed by atoms with Gasteiger partial charge in [0.05, 0.1) is 12.8 Å². The average molecular weight is 397 g/mol. The molecule has 0 aliphatic rings. The standard InChI is InChI=1S/C20H23N5O4/c1-22-17-16(18(26)23(2)20(22)27)25-12-15(13-7-5-8-14(11-13)29-4)24(19(25)21-17)9-6-10-28-3/h5,7-8,11-12H,6,9-10H2,1-4H3. The molecule has 0 radical (unpaired) electrons. The maximum Gasteiger partial charge on any atom is 0.332 e. The van der Waals surface area contributed by atoms with Crippen molar-refractivity contribution in [3.8, 4) is 17.0 Å². The van der Waals surface area contributed by atoms with Gasteiger partial charge in [0.1, 0.15) is 5.75 Å². The first kappa shape index (κ1) is 19.0. The van der Waals surface area contributed by atoms with Gasteiger partial charge in [-0.3, -0.25) is 18.3 Å². The Hall–Kier alpha value is -3.33. The van der Waals surface area contributed by atoms with E-state index in [2.05, 4.69) is 4.98 Å². The third-order valence-electron chi connectivity index (χ3n) is 5.15. The minimum Gasteiger partial charge on any atom is -0.497 e. The predicted octanol–water partition coefficient (Wildman–Crippen LogP) is 1.40. The van der Waals surface area contributed by atoms with Crippen LogP contribution in [0.25, 0.3) is 28.2 Å². The first-order chi connectivity index (χ1) is 14.0. The van der Waals surface area contributed by atoms with Gasteiger partial charge in [-0.15, -0.1) is 0 Å². The second kappa shape index (κ2) is 7.25. The number of ether oxygens (including phenoxy) is 2. The van der Waals surface area contributed by atoms with Crippen LogP contribution in [0.15, 0.2) is 40.1 Å². The van der Waals surface area contributed by atoms with Crippen molar-refractivity contribution >= 4 is 16.9 Å². The van der Waals surface area contributed by atoms with Gasteiger partial charge in [0.2, 0.25) is 5.78 Å². The lowest BCUT2D eigenvalue weighted by Crippen LogP contribution is -2.37. The lowest BCUT2D eigenvalue weighted by molar-refractivity contribution is 0.191. The molecule has 9 heteroatoms. The zero-order valence-electron chi connectivity index (χ0n) is 16.9. The van der Waals surface area contributed by atoms with Crippen molar-refractivity contribution in [3.63, 3.8) is 0 Å². The summed E-state index contributed by atoms with van der Waals surface area (Å²) < 4.78 is 16.9. The number of hydrogen-bond acceptors (Lipinski definition) is 5. The summed E-state index contributed by atoms with van der Waals surface area (Å²) in [5.74, 6) is 1.35. The number of fused-ring (bicyclic) bond motifs is 3. The molecule has 0 aliphatic heterocycles. The Kier molecular flexibility index (Phi) is 4.75. The number of nitrogens with zero attached hydrogens (tertiary/aromatic N) is 5. The fourth-order valence-corrected chi connectivity index (χ4v) is 3.62. The zero-order chi connectivity index (χ0) is 20.7. The van der Waals surface area contributed by atoms with E-state index < -0.39 is 5.69 Å². The van der Waals surface area contributed by atoms with Crippen LogP contribution in [0.4, 0.5) is 0 Å². The number of aromatic nitrogens is 5. The Morgan fingerprint density at radius 2 is 1.90 bits per heavy atom. The monoisotopic (exact) mass is 397 g/mol. The number of methoxy groups -OCH3 is 2. The first-order valence-electron chi connectivity index (χ1n) is 9.28. The Morgan fingerprint density at radius 3 is 2.62 bits per heavy atom. The van der Waals surface area contributed by atoms with Crippen molar-refractivity contribution in [2.75, 3.05) is 20.8 Å². The lowest BCUT2D eigenvalue weighted by Gasteiger charge is -2.10. The molecule has 29 heavy (non-hydrogen) atoms. The second-order valence-electron chi connectivity index (χ2n) is 6.90. The number of imidazole rings is 2. The summed E-state index contributed by atoms with van der Waals surface area (Å²) in [4.78, 5) is 29.8. The largest absolute Gasteiger partial charge is 0.497 e. The molecule has 0 unspecified atom stereocenters. The summed E-state index contributed by atoms with van der Waals surface area (Å²) >= 11 is 0. The fourth-order valence-electron chi connectivity index (χ4n) is 3.62. The molecule has 9 nitrogen and oxygen atoms in total. The van der Waals surface area contributed by atoms with Crippen LogP contribution in [0.1, 0.15) is 6.42 Å². The van der Waals surface area contributed by atoms with Crippen molar-refractivity contribution < 1.29 is 9.47 Å². The molecular formula is C20H23N5O4. The van der Waals surface area contributed by atoms with E-state index in [1.54, 1.807) is 25.7 Å². The topological polar surface area (TPSA) is 84.7 Å². The number of rotatable bonds is 6. The smallest absolute Gasteiger partial charge is 0.332 e. The van der Waals surface area contributed by atoms with E-state index in [1.807, 2.05) is 35.0 Å². The second-order valence-corrected chi connectivity index (χ2v) is 6.90. The van der Waals surface area contributed by atoms with E-state index in [-0.39, 0.29) is 5.56 Å². The van der Waals surface area contributed by atoms with E-state index in [1.165, 1.54) is 11.6 Å². The van der Waals surface area contributed by atoms with E-state index in [9.17, 15) is 9.59 Å². The van der Waals surface area contributed by atoms with Crippen LogP contribution in [0.5, 0.6) is 5.75 Å². The van der Waals surface area contributed by atoms with Gasteiger partial charge in [0.15, 0.2) is 11.2 Å². The average Bonchev–Trinajstić information content (AvgIpc) is 3.28. The normalized spacial score (nSPS) is 11.6. The molecule has 0 N–H and O–H groups in total. The molecule has 152 valence electrons. The lowest BCUT2D eigenvalue weighted by atomic mass is 10.1. The summed E-state index contributed by atoms with van der Waals surface area (Å²) in [5, 5.41) is 0. The van der Waals surface area contributed by atoms with Crippen molar-refractivity contribution in [2.24, 2.45) is 14.1 Å². The van der Waals surface area contributed by atoms with Crippen LogP contribution in [0, 0.1) is 0 Å². The van der Waals surface area contributed by atoms with Crippen molar-refractivity contribution in [3.05, 3.63) is 51.3 Å². The molecule has 0 bridgehead atoms. The zero-order valence-corrected chi connectivity index (χ0v) is 16.9.